The summed E-state index contributed by atoms with van der Waals surface area (Å²) in [4.78, 5) is 34.5. The van der Waals surface area contributed by atoms with Gasteiger partial charge in [-0.25, -0.2) is 0 Å². The number of alkyl halides is 3. The molecule has 0 heterocycles. The van der Waals surface area contributed by atoms with Crippen molar-refractivity contribution in [1.29, 1.82) is 0 Å². The molecule has 16 heteroatoms. The number of carbonyl (C=O) groups is 2. The molecule has 0 saturated carbocycles. The fourth-order valence-corrected chi connectivity index (χ4v) is 4.45. The van der Waals surface area contributed by atoms with Gasteiger partial charge >= 0.3 is 25.6 Å². The Kier molecular flexibility index (Phi) is 11.8. The van der Waals surface area contributed by atoms with Crippen LogP contribution in [0.4, 0.5) is 13.2 Å². The van der Waals surface area contributed by atoms with E-state index in [0.29, 0.717) is 0 Å². The second-order valence-corrected chi connectivity index (χ2v) is 10.5. The van der Waals surface area contributed by atoms with Crippen LogP contribution in [0.3, 0.4) is 0 Å². The van der Waals surface area contributed by atoms with Crippen LogP contribution >= 0.6 is 32.9 Å². The Labute approximate surface area is 227 Å². The monoisotopic (exact) mass is 599 g/mol. The Balaban J connectivity index is 2.33. The fourth-order valence-electron chi connectivity index (χ4n) is 2.66. The summed E-state index contributed by atoms with van der Waals surface area (Å²) in [6.45, 7) is 1.93. The van der Waals surface area contributed by atoms with Gasteiger partial charge in [0.05, 0.1) is 16.4 Å². The number of rotatable bonds is 13. The summed E-state index contributed by atoms with van der Waals surface area (Å²) < 4.78 is 72.6. The first-order chi connectivity index (χ1) is 17.7. The Morgan fingerprint density at radius 3 is 1.84 bits per heavy atom. The van der Waals surface area contributed by atoms with Gasteiger partial charge < -0.3 is 24.1 Å². The first-order valence-corrected chi connectivity index (χ1v) is 13.3. The second kappa shape index (κ2) is 14.1. The minimum atomic E-state index is -5.44. The van der Waals surface area contributed by atoms with Crippen molar-refractivity contribution in [1.82, 2.24) is 4.90 Å². The minimum Gasteiger partial charge on any atom is -0.462 e. The number of hydrogen-bond acceptors (Lipinski definition) is 11. The van der Waals surface area contributed by atoms with Crippen LogP contribution in [0.2, 0.25) is 0 Å². The largest absolute Gasteiger partial charge is 0.471 e. The molecule has 0 atom stereocenters. The molecule has 38 heavy (non-hydrogen) atoms. The van der Waals surface area contributed by atoms with Crippen LogP contribution < -0.4 is 9.78 Å². The maximum Gasteiger partial charge on any atom is 0.471 e. The predicted octanol–water partition coefficient (Wildman–Crippen LogP) is 4.93. The zero-order valence-electron chi connectivity index (χ0n) is 20.4. The van der Waals surface area contributed by atoms with Gasteiger partial charge in [-0.1, -0.05) is 21.5 Å². The molecular weight excluding hydrogens is 574 g/mol. The Bertz CT molecular complexity index is 1120. The Hall–Kier alpha value is -2.42. The SMILES string of the molecule is COCCOC(=O)CN(CP(=O)(OOc1ccc(C)cc1S)OOc1ccc(C)cc1S)C(=O)C(F)(F)F. The van der Waals surface area contributed by atoms with Gasteiger partial charge in [0.25, 0.3) is 0 Å². The maximum atomic E-state index is 13.5. The molecule has 0 aliphatic carbocycles. The van der Waals surface area contributed by atoms with Crippen LogP contribution in [0.15, 0.2) is 46.2 Å². The maximum absolute atomic E-state index is 13.5. The van der Waals surface area contributed by atoms with Gasteiger partial charge in [0.1, 0.15) is 19.4 Å². The molecule has 2 aromatic rings. The molecule has 0 bridgehead atoms. The number of nitrogens with zero attached hydrogens (tertiary/aromatic N) is 1. The van der Waals surface area contributed by atoms with Gasteiger partial charge in [-0.2, -0.15) is 13.2 Å². The highest BCUT2D eigenvalue weighted by Crippen LogP contribution is 2.50. The smallest absolute Gasteiger partial charge is 0.462 e. The van der Waals surface area contributed by atoms with Gasteiger partial charge in [0.15, 0.2) is 11.5 Å². The third-order valence-corrected chi connectivity index (χ3v) is 6.44. The molecule has 10 nitrogen and oxygen atoms in total. The molecular formula is C22H25F3NO9PS2. The summed E-state index contributed by atoms with van der Waals surface area (Å²) in [5.41, 5.74) is 1.58. The molecule has 0 fully saturated rings. The van der Waals surface area contributed by atoms with Crippen LogP contribution in [0.5, 0.6) is 11.5 Å². The molecule has 0 N–H and O–H groups in total. The van der Waals surface area contributed by atoms with Crippen molar-refractivity contribution in [3.8, 4) is 11.5 Å². The van der Waals surface area contributed by atoms with Crippen LogP contribution in [-0.4, -0.2) is 56.1 Å². The number of methoxy groups -OCH3 is 1. The predicted molar refractivity (Wildman–Crippen MR) is 133 cm³/mol. The van der Waals surface area contributed by atoms with Gasteiger partial charge in [0, 0.05) is 7.11 Å². The lowest BCUT2D eigenvalue weighted by molar-refractivity contribution is -0.190. The minimum absolute atomic E-state index is 0.0451. The zero-order valence-corrected chi connectivity index (χ0v) is 23.1. The zero-order chi connectivity index (χ0) is 28.5. The second-order valence-electron chi connectivity index (χ2n) is 7.72. The number of halogens is 3. The van der Waals surface area contributed by atoms with Crippen LogP contribution in [-0.2, 0) is 33.0 Å². The highest BCUT2D eigenvalue weighted by atomic mass is 32.1. The van der Waals surface area contributed by atoms with Gasteiger partial charge in [-0.3, -0.25) is 14.2 Å². The molecule has 0 spiro atoms. The molecule has 0 unspecified atom stereocenters. The lowest BCUT2D eigenvalue weighted by atomic mass is 10.2. The van der Waals surface area contributed by atoms with Crippen LogP contribution in [0.1, 0.15) is 11.1 Å². The van der Waals surface area contributed by atoms with E-state index >= 15 is 0 Å². The van der Waals surface area contributed by atoms with Gasteiger partial charge in [-0.15, -0.1) is 25.3 Å². The number of esters is 1. The van der Waals surface area contributed by atoms with E-state index in [0.717, 1.165) is 11.1 Å². The summed E-state index contributed by atoms with van der Waals surface area (Å²) in [6.07, 6.45) is -6.85. The molecule has 0 aromatic heterocycles. The molecule has 0 aliphatic rings. The molecule has 0 saturated heterocycles. The van der Waals surface area contributed by atoms with E-state index < -0.39 is 38.5 Å². The lowest BCUT2D eigenvalue weighted by Gasteiger charge is -2.26. The number of ether oxygens (including phenoxy) is 2. The third-order valence-electron chi connectivity index (χ3n) is 4.45. The normalized spacial score (nSPS) is 11.7. The number of amides is 1. The average molecular weight is 600 g/mol. The summed E-state index contributed by atoms with van der Waals surface area (Å²) in [5, 5.41) is 0. The van der Waals surface area contributed by atoms with Gasteiger partial charge in [-0.05, 0) is 49.2 Å². The van der Waals surface area contributed by atoms with Crippen LogP contribution in [0.25, 0.3) is 0 Å². The summed E-state index contributed by atoms with van der Waals surface area (Å²) >= 11 is 8.39. The van der Waals surface area contributed by atoms with Crippen molar-refractivity contribution in [2.75, 3.05) is 33.2 Å². The van der Waals surface area contributed by atoms with E-state index in [1.165, 1.54) is 19.2 Å². The van der Waals surface area contributed by atoms with Crippen molar-refractivity contribution >= 4 is 44.7 Å². The van der Waals surface area contributed by atoms with Crippen LogP contribution in [0, 0.1) is 13.8 Å². The number of benzene rings is 2. The molecule has 210 valence electrons. The number of carbonyl (C=O) groups excluding carboxylic acids is 2. The summed E-state index contributed by atoms with van der Waals surface area (Å²) in [7, 11) is -3.61. The average Bonchev–Trinajstić information content (AvgIpc) is 2.82. The number of aryl methyl sites for hydroxylation is 2. The van der Waals surface area contributed by atoms with E-state index in [1.807, 2.05) is 0 Å². The van der Waals surface area contributed by atoms with Crippen molar-refractivity contribution in [2.24, 2.45) is 0 Å². The highest BCUT2D eigenvalue weighted by molar-refractivity contribution is 7.80. The molecule has 0 radical (unpaired) electrons. The van der Waals surface area contributed by atoms with Crippen molar-refractivity contribution < 1.29 is 55.9 Å². The van der Waals surface area contributed by atoms with E-state index in [1.54, 1.807) is 38.1 Å². The summed E-state index contributed by atoms with van der Waals surface area (Å²) in [5.74, 6) is -3.88. The van der Waals surface area contributed by atoms with E-state index in [4.69, 9.17) is 28.6 Å². The quantitative estimate of drug-likeness (QED) is 0.0827. The Morgan fingerprint density at radius 2 is 1.42 bits per heavy atom. The molecule has 2 aromatic carbocycles. The topological polar surface area (TPSA) is 110 Å². The molecule has 2 rings (SSSR count). The van der Waals surface area contributed by atoms with E-state index in [-0.39, 0.29) is 39.4 Å². The first kappa shape index (κ1) is 31.8. The fraction of sp³-hybridized carbons (Fsp3) is 0.364. The van der Waals surface area contributed by atoms with Gasteiger partial charge in [0.2, 0.25) is 0 Å². The number of hydrogen-bond donors (Lipinski definition) is 2. The molecule has 0 aliphatic heterocycles. The Morgan fingerprint density at radius 1 is 0.921 bits per heavy atom. The first-order valence-electron chi connectivity index (χ1n) is 10.7. The van der Waals surface area contributed by atoms with Crippen molar-refractivity contribution in [2.45, 2.75) is 29.8 Å². The third kappa shape index (κ3) is 10.0. The van der Waals surface area contributed by atoms with E-state index in [9.17, 15) is 27.3 Å². The van der Waals surface area contributed by atoms with Crippen molar-refractivity contribution in [3.05, 3.63) is 47.5 Å². The summed E-state index contributed by atoms with van der Waals surface area (Å²) in [6, 6.07) is 9.10. The highest BCUT2D eigenvalue weighted by Gasteiger charge is 2.47. The lowest BCUT2D eigenvalue weighted by Crippen LogP contribution is -2.45. The number of thiol groups is 2. The van der Waals surface area contributed by atoms with Crippen molar-refractivity contribution in [3.63, 3.8) is 0 Å². The van der Waals surface area contributed by atoms with E-state index in [2.05, 4.69) is 25.3 Å². The molecule has 1 amide bonds. The standard InChI is InChI=1S/C22H25F3NO9PS2/c1-14-4-6-16(18(37)10-14)32-34-36(29,35-33-17-7-5-15(2)11-19(17)38)13-26(21(28)22(23,24)25)12-20(27)31-9-8-30-3/h4-7,10-11,37-38H,8-9,12-13H2,1-3H3.